The van der Waals surface area contributed by atoms with Crippen LogP contribution in [0.25, 0.3) is 0 Å². The van der Waals surface area contributed by atoms with Crippen LogP contribution in [0, 0.1) is 0 Å². The first-order chi connectivity index (χ1) is 12.8. The Hall–Kier alpha value is -1.75. The molecule has 0 radical (unpaired) electrons. The van der Waals surface area contributed by atoms with Crippen LogP contribution < -0.4 is 10.1 Å². The normalized spacial score (nSPS) is 21.0. The molecule has 1 aromatic carbocycles. The smallest absolute Gasteiger partial charge is 0.317 e. The van der Waals surface area contributed by atoms with Crippen LogP contribution in [0.1, 0.15) is 51.0 Å². The van der Waals surface area contributed by atoms with E-state index in [4.69, 9.17) is 4.74 Å². The van der Waals surface area contributed by atoms with E-state index in [2.05, 4.69) is 22.0 Å². The summed E-state index contributed by atoms with van der Waals surface area (Å²) in [7, 11) is 0. The second kappa shape index (κ2) is 9.81. The summed E-state index contributed by atoms with van der Waals surface area (Å²) >= 11 is 0. The number of hydrogen-bond donors (Lipinski definition) is 1. The van der Waals surface area contributed by atoms with E-state index in [-0.39, 0.29) is 6.03 Å². The summed E-state index contributed by atoms with van der Waals surface area (Å²) in [4.78, 5) is 17.4. The number of likely N-dealkylation sites (tertiary alicyclic amines) is 2. The molecule has 0 spiro atoms. The Morgan fingerprint density at radius 3 is 2.81 bits per heavy atom. The molecule has 1 aromatic rings. The molecule has 2 amide bonds. The van der Waals surface area contributed by atoms with Crippen molar-refractivity contribution >= 4 is 6.03 Å². The van der Waals surface area contributed by atoms with Gasteiger partial charge in [-0.15, -0.1) is 0 Å². The van der Waals surface area contributed by atoms with E-state index >= 15 is 0 Å². The van der Waals surface area contributed by atoms with Crippen LogP contribution >= 0.6 is 0 Å². The molecule has 144 valence electrons. The first-order valence-corrected chi connectivity index (χ1v) is 10.2. The van der Waals surface area contributed by atoms with Gasteiger partial charge >= 0.3 is 6.03 Å². The van der Waals surface area contributed by atoms with Gasteiger partial charge in [-0.25, -0.2) is 4.79 Å². The van der Waals surface area contributed by atoms with Crippen LogP contribution in [0.2, 0.25) is 0 Å². The fourth-order valence-corrected chi connectivity index (χ4v) is 3.97. The highest BCUT2D eigenvalue weighted by Gasteiger charge is 2.28. The number of piperidine rings is 1. The maximum absolute atomic E-state index is 12.8. The molecule has 1 atom stereocenters. The fourth-order valence-electron chi connectivity index (χ4n) is 3.97. The first kappa shape index (κ1) is 19.0. The van der Waals surface area contributed by atoms with Crippen molar-refractivity contribution in [3.05, 3.63) is 29.8 Å². The van der Waals surface area contributed by atoms with E-state index in [0.717, 1.165) is 50.3 Å². The van der Waals surface area contributed by atoms with Gasteiger partial charge in [0.05, 0.1) is 6.61 Å². The van der Waals surface area contributed by atoms with E-state index in [9.17, 15) is 4.79 Å². The number of benzene rings is 1. The van der Waals surface area contributed by atoms with Crippen LogP contribution in [0.4, 0.5) is 4.79 Å². The highest BCUT2D eigenvalue weighted by molar-refractivity contribution is 5.74. The molecular weight excluding hydrogens is 326 g/mol. The Morgan fingerprint density at radius 1 is 1.19 bits per heavy atom. The number of urea groups is 1. The lowest BCUT2D eigenvalue weighted by Crippen LogP contribution is -2.52. The number of carbonyl (C=O) groups is 1. The number of ether oxygens (including phenoxy) is 1. The molecule has 0 aliphatic carbocycles. The van der Waals surface area contributed by atoms with Crippen molar-refractivity contribution in [3.63, 3.8) is 0 Å². The summed E-state index contributed by atoms with van der Waals surface area (Å²) in [6, 6.07) is 8.46. The summed E-state index contributed by atoms with van der Waals surface area (Å²) in [6.07, 6.45) is 7.08. The summed E-state index contributed by atoms with van der Waals surface area (Å²) in [5.74, 6) is 0.878. The lowest BCUT2D eigenvalue weighted by molar-refractivity contribution is 0.127. The third-order valence-corrected chi connectivity index (χ3v) is 5.37. The SMILES string of the molecule is CCCOc1cccc(CNC(=O)N2CCCC[C@@H]2CN2CCCC2)c1. The maximum atomic E-state index is 12.8. The molecule has 2 heterocycles. The van der Waals surface area contributed by atoms with Crippen LogP contribution in [0.5, 0.6) is 5.75 Å². The monoisotopic (exact) mass is 359 g/mol. The fraction of sp³-hybridized carbons (Fsp3) is 0.667. The van der Waals surface area contributed by atoms with E-state index < -0.39 is 0 Å². The summed E-state index contributed by atoms with van der Waals surface area (Å²) in [6.45, 7) is 7.67. The van der Waals surface area contributed by atoms with Crippen LogP contribution in [0.15, 0.2) is 24.3 Å². The van der Waals surface area contributed by atoms with Crippen LogP contribution in [0.3, 0.4) is 0 Å². The zero-order valence-corrected chi connectivity index (χ0v) is 16.1. The molecule has 0 unspecified atom stereocenters. The quantitative estimate of drug-likeness (QED) is 0.808. The lowest BCUT2D eigenvalue weighted by atomic mass is 10.0. The zero-order chi connectivity index (χ0) is 18.2. The molecule has 0 aromatic heterocycles. The van der Waals surface area contributed by atoms with E-state index in [1.165, 1.54) is 32.4 Å². The molecule has 2 aliphatic heterocycles. The van der Waals surface area contributed by atoms with Gasteiger partial charge in [0.2, 0.25) is 0 Å². The average molecular weight is 360 g/mol. The van der Waals surface area contributed by atoms with Crippen molar-refractivity contribution in [2.45, 2.75) is 58.0 Å². The van der Waals surface area contributed by atoms with Gasteiger partial charge in [-0.1, -0.05) is 19.1 Å². The van der Waals surface area contributed by atoms with Gasteiger partial charge in [0.1, 0.15) is 5.75 Å². The Morgan fingerprint density at radius 2 is 2.00 bits per heavy atom. The molecule has 26 heavy (non-hydrogen) atoms. The number of rotatable bonds is 7. The molecule has 0 bridgehead atoms. The largest absolute Gasteiger partial charge is 0.494 e. The summed E-state index contributed by atoms with van der Waals surface area (Å²) in [5.41, 5.74) is 1.08. The Labute approximate surface area is 157 Å². The van der Waals surface area contributed by atoms with Gasteiger partial charge in [0, 0.05) is 25.7 Å². The number of nitrogens with zero attached hydrogens (tertiary/aromatic N) is 2. The van der Waals surface area contributed by atoms with Gasteiger partial charge in [-0.2, -0.15) is 0 Å². The first-order valence-electron chi connectivity index (χ1n) is 10.2. The molecule has 5 heteroatoms. The number of amides is 2. The van der Waals surface area contributed by atoms with Crippen molar-refractivity contribution < 1.29 is 9.53 Å². The molecule has 2 aliphatic rings. The maximum Gasteiger partial charge on any atom is 0.317 e. The third-order valence-electron chi connectivity index (χ3n) is 5.37. The van der Waals surface area contributed by atoms with Crippen molar-refractivity contribution in [3.8, 4) is 5.75 Å². The molecule has 0 saturated carbocycles. The van der Waals surface area contributed by atoms with Crippen LogP contribution in [-0.4, -0.2) is 54.7 Å². The Kier molecular flexibility index (Phi) is 7.18. The predicted octanol–water partition coefficient (Wildman–Crippen LogP) is 3.64. The minimum Gasteiger partial charge on any atom is -0.494 e. The Balaban J connectivity index is 1.52. The summed E-state index contributed by atoms with van der Waals surface area (Å²) in [5, 5.41) is 3.12. The molecular formula is C21H33N3O2. The molecule has 5 nitrogen and oxygen atoms in total. The molecule has 3 rings (SSSR count). The van der Waals surface area contributed by atoms with Crippen molar-refractivity contribution in [2.24, 2.45) is 0 Å². The average Bonchev–Trinajstić information content (AvgIpc) is 3.18. The van der Waals surface area contributed by atoms with Crippen LogP contribution in [-0.2, 0) is 6.54 Å². The topological polar surface area (TPSA) is 44.8 Å². The van der Waals surface area contributed by atoms with Gasteiger partial charge in [-0.3, -0.25) is 0 Å². The van der Waals surface area contributed by atoms with Gasteiger partial charge in [0.15, 0.2) is 0 Å². The number of carbonyl (C=O) groups excluding carboxylic acids is 1. The summed E-state index contributed by atoms with van der Waals surface area (Å²) < 4.78 is 5.68. The second-order valence-corrected chi connectivity index (χ2v) is 7.51. The standard InChI is InChI=1S/C21H33N3O2/c1-2-14-26-20-10-7-8-18(15-20)16-22-21(25)24-13-4-3-9-19(24)17-23-11-5-6-12-23/h7-8,10,15,19H,2-6,9,11-14,16-17H2,1H3,(H,22,25)/t19-/m1/s1. The minimum atomic E-state index is 0.0776. The van der Waals surface area contributed by atoms with Gasteiger partial charge in [-0.05, 0) is 69.3 Å². The molecule has 2 saturated heterocycles. The van der Waals surface area contributed by atoms with Gasteiger partial charge in [0.25, 0.3) is 0 Å². The van der Waals surface area contributed by atoms with Crippen molar-refractivity contribution in [2.75, 3.05) is 32.8 Å². The Bertz CT molecular complexity index is 572. The highest BCUT2D eigenvalue weighted by Crippen LogP contribution is 2.20. The highest BCUT2D eigenvalue weighted by atomic mass is 16.5. The molecule has 1 N–H and O–H groups in total. The minimum absolute atomic E-state index is 0.0776. The van der Waals surface area contributed by atoms with Crippen molar-refractivity contribution in [1.29, 1.82) is 0 Å². The van der Waals surface area contributed by atoms with Crippen molar-refractivity contribution in [1.82, 2.24) is 15.1 Å². The molecule has 2 fully saturated rings. The van der Waals surface area contributed by atoms with E-state index in [0.29, 0.717) is 12.6 Å². The second-order valence-electron chi connectivity index (χ2n) is 7.51. The number of hydrogen-bond acceptors (Lipinski definition) is 3. The number of nitrogens with one attached hydrogen (secondary N) is 1. The zero-order valence-electron chi connectivity index (χ0n) is 16.1. The van der Waals surface area contributed by atoms with Gasteiger partial charge < -0.3 is 19.9 Å². The van der Waals surface area contributed by atoms with E-state index in [1.807, 2.05) is 24.3 Å². The lowest BCUT2D eigenvalue weighted by Gasteiger charge is -2.37. The van der Waals surface area contributed by atoms with E-state index in [1.54, 1.807) is 0 Å². The predicted molar refractivity (Wildman–Crippen MR) is 104 cm³/mol. The third kappa shape index (κ3) is 5.37.